The lowest BCUT2D eigenvalue weighted by Gasteiger charge is -2.48. The first-order chi connectivity index (χ1) is 43.0. The van der Waals surface area contributed by atoms with Crippen LogP contribution in [-0.4, -0.2) is 255 Å². The number of primary amides is 3. The Morgan fingerprint density at radius 2 is 1.01 bits per heavy atom. The van der Waals surface area contributed by atoms with Gasteiger partial charge in [-0.3, -0.25) is 67.1 Å². The fraction of sp³-hybridized carbons (Fsp3) is 0.736. The Labute approximate surface area is 527 Å². The Kier molecular flexibility index (Phi) is 34.5. The Balaban J connectivity index is 2.19. The molecule has 0 spiro atoms. The third-order valence-electron chi connectivity index (χ3n) is 14.4. The van der Waals surface area contributed by atoms with Crippen molar-refractivity contribution >= 4 is 82.8 Å². The fourth-order valence-corrected chi connectivity index (χ4v) is 9.07. The molecule has 2 saturated heterocycles. The SMILES string of the molecule is CC(=O)NC1C(OC2C(CO)OC(O)C(NC(C)=O)C2OC(C)C(=O)NC(C)C(=O)NC(CCC(=O)NC(CCCCNC(=O)CC(N)C(N)=O)C(=O)NC(C)C(=O)NC(CC(=O)NCCCCC(N)C(=O)NC(C)C(=O)O)C(N)=O)C(N)=O)OC(CO)C(O)C1O. The van der Waals surface area contributed by atoms with Crippen molar-refractivity contribution in [3.63, 3.8) is 0 Å². The molecule has 2 aliphatic rings. The Bertz CT molecular complexity index is 2570. The second-order valence-corrected chi connectivity index (χ2v) is 22.1. The average molecular weight is 1320 g/mol. The van der Waals surface area contributed by atoms with Gasteiger partial charge in [-0.1, -0.05) is 0 Å². The molecule has 2 aliphatic heterocycles. The zero-order valence-corrected chi connectivity index (χ0v) is 51.8. The number of aliphatic hydroxyl groups is 5. The molecule has 0 saturated carbocycles. The van der Waals surface area contributed by atoms with Gasteiger partial charge in [0.05, 0.1) is 38.1 Å². The van der Waals surface area contributed by atoms with Gasteiger partial charge in [-0.05, 0) is 72.6 Å². The zero-order valence-electron chi connectivity index (χ0n) is 51.8. The van der Waals surface area contributed by atoms with Crippen LogP contribution in [0.25, 0.3) is 0 Å². The molecule has 2 fully saturated rings. The van der Waals surface area contributed by atoms with Crippen molar-refractivity contribution in [3.05, 3.63) is 0 Å². The van der Waals surface area contributed by atoms with Gasteiger partial charge < -0.3 is 131 Å². The standard InChI is InChI=1S/C53H91N15O24/c1-21(61-48(83)24(4)89-42-38(65-26(6)72)52(88)90-33(20-70)41(42)92-53-37(64-25(5)71)40(77)39(76)32(19-69)91-53)46(81)67-29(44(57)79)13-14-34(73)66-30(12-8-10-16-59-35(74)17-28(55)43(56)78)50(85)62-22(2)47(82)68-31(45(58)80)18-36(75)60-15-9-7-11-27(54)49(84)63-23(3)51(86)87/h21-24,27-33,37-42,52-53,69-70,76-77,88H,7-20,54-55H2,1-6H3,(H2,56,78)(H2,57,79)(H2,58,80)(H,59,74)(H,60,75)(H,61,83)(H,62,85)(H,63,84)(H,64,71)(H,65,72)(H,66,73)(H,67,81)(H,68,82)(H,86,87). The number of hydrogen-bond donors (Lipinski definition) is 21. The highest BCUT2D eigenvalue weighted by Gasteiger charge is 2.53. The number of aliphatic hydroxyl groups excluding tert-OH is 5. The summed E-state index contributed by atoms with van der Waals surface area (Å²) in [5.74, 6) is -12.9. The minimum absolute atomic E-state index is 0.00556. The van der Waals surface area contributed by atoms with Crippen LogP contribution < -0.4 is 81.8 Å². The summed E-state index contributed by atoms with van der Waals surface area (Å²) < 4.78 is 23.3. The van der Waals surface area contributed by atoms with E-state index in [1.807, 2.05) is 0 Å². The van der Waals surface area contributed by atoms with Gasteiger partial charge >= 0.3 is 5.97 Å². The summed E-state index contributed by atoms with van der Waals surface area (Å²) in [4.78, 5) is 177. The lowest BCUT2D eigenvalue weighted by molar-refractivity contribution is -0.333. The first kappa shape index (κ1) is 80.2. The van der Waals surface area contributed by atoms with Crippen LogP contribution in [0.3, 0.4) is 0 Å². The van der Waals surface area contributed by atoms with Crippen molar-refractivity contribution in [2.45, 2.75) is 221 Å². The minimum Gasteiger partial charge on any atom is -0.480 e. The molecule has 39 nitrogen and oxygen atoms in total. The number of carbonyl (C=O) groups is 14. The quantitative estimate of drug-likeness (QED) is 0.0253. The van der Waals surface area contributed by atoms with Gasteiger partial charge in [0, 0.05) is 33.4 Å². The lowest BCUT2D eigenvalue weighted by atomic mass is 9.94. The van der Waals surface area contributed by atoms with Crippen molar-refractivity contribution in [3.8, 4) is 0 Å². The molecular formula is C53H91N15O24. The van der Waals surface area contributed by atoms with Gasteiger partial charge in [-0.25, -0.2) is 0 Å². The molecule has 26 N–H and O–H groups in total. The number of unbranched alkanes of at least 4 members (excludes halogenated alkanes) is 2. The van der Waals surface area contributed by atoms with E-state index in [0.717, 1.165) is 13.8 Å². The smallest absolute Gasteiger partial charge is 0.325 e. The van der Waals surface area contributed by atoms with Crippen molar-refractivity contribution in [1.82, 2.24) is 53.2 Å². The molecule has 2 heterocycles. The molecule has 0 aromatic heterocycles. The van der Waals surface area contributed by atoms with E-state index in [2.05, 4.69) is 53.2 Å². The third-order valence-corrected chi connectivity index (χ3v) is 14.4. The van der Waals surface area contributed by atoms with Crippen LogP contribution in [0.4, 0.5) is 0 Å². The van der Waals surface area contributed by atoms with Crippen LogP contribution in [0, 0.1) is 0 Å². The topological polar surface area (TPSA) is 648 Å². The third kappa shape index (κ3) is 27.1. The predicted molar refractivity (Wildman–Crippen MR) is 312 cm³/mol. The van der Waals surface area contributed by atoms with E-state index < -0.39 is 237 Å². The maximum Gasteiger partial charge on any atom is 0.325 e. The molecule has 92 heavy (non-hydrogen) atoms. The number of hydrogen-bond acceptors (Lipinski definition) is 25. The number of aliphatic carboxylic acids is 1. The van der Waals surface area contributed by atoms with E-state index in [1.54, 1.807) is 0 Å². The summed E-state index contributed by atoms with van der Waals surface area (Å²) in [7, 11) is 0. The fourth-order valence-electron chi connectivity index (χ4n) is 9.07. The first-order valence-corrected chi connectivity index (χ1v) is 29.4. The summed E-state index contributed by atoms with van der Waals surface area (Å²) in [6, 6.07) is -14.2. The molecule has 19 unspecified atom stereocenters. The molecule has 0 aromatic rings. The Hall–Kier alpha value is -7.86. The molecule has 39 heteroatoms. The number of rotatable bonds is 40. The Morgan fingerprint density at radius 1 is 0.500 bits per heavy atom. The highest BCUT2D eigenvalue weighted by Crippen LogP contribution is 2.31. The molecule has 19 atom stereocenters. The van der Waals surface area contributed by atoms with E-state index in [1.165, 1.54) is 27.7 Å². The van der Waals surface area contributed by atoms with Gasteiger partial charge in [0.2, 0.25) is 76.8 Å². The Morgan fingerprint density at radius 3 is 1.53 bits per heavy atom. The van der Waals surface area contributed by atoms with Crippen molar-refractivity contribution in [1.29, 1.82) is 0 Å². The predicted octanol–water partition coefficient (Wildman–Crippen LogP) is -11.4. The van der Waals surface area contributed by atoms with E-state index in [4.69, 9.17) is 52.7 Å². The number of nitrogens with two attached hydrogens (primary N) is 5. The normalized spacial score (nSPS) is 24.1. The van der Waals surface area contributed by atoms with Crippen LogP contribution in [0.15, 0.2) is 0 Å². The van der Waals surface area contributed by atoms with Gasteiger partial charge in [-0.15, -0.1) is 0 Å². The maximum atomic E-state index is 13.8. The molecule has 522 valence electrons. The minimum atomic E-state index is -1.94. The van der Waals surface area contributed by atoms with E-state index in [9.17, 15) is 92.7 Å². The van der Waals surface area contributed by atoms with Gasteiger partial charge in [0.25, 0.3) is 0 Å². The molecule has 0 aliphatic carbocycles. The van der Waals surface area contributed by atoms with Crippen LogP contribution in [-0.2, 0) is 86.1 Å². The number of carboxylic acids is 1. The van der Waals surface area contributed by atoms with Crippen molar-refractivity contribution < 1.29 is 117 Å². The lowest BCUT2D eigenvalue weighted by Crippen LogP contribution is -2.70. The molecule has 0 aromatic carbocycles. The van der Waals surface area contributed by atoms with Gasteiger partial charge in [-0.2, -0.15) is 0 Å². The van der Waals surface area contributed by atoms with Crippen molar-refractivity contribution in [2.24, 2.45) is 28.7 Å². The summed E-state index contributed by atoms with van der Waals surface area (Å²) in [5, 5.41) is 85.4. The second kappa shape index (κ2) is 39.5. The highest BCUT2D eigenvalue weighted by atomic mass is 16.7. The largest absolute Gasteiger partial charge is 0.480 e. The number of ether oxygens (including phenoxy) is 4. The number of amides is 13. The second-order valence-electron chi connectivity index (χ2n) is 22.1. The summed E-state index contributed by atoms with van der Waals surface area (Å²) in [5.41, 5.74) is 27.5. The van der Waals surface area contributed by atoms with Crippen LogP contribution in [0.5, 0.6) is 0 Å². The monoisotopic (exact) mass is 1320 g/mol. The highest BCUT2D eigenvalue weighted by molar-refractivity contribution is 5.96. The number of carbonyl (C=O) groups excluding carboxylic acids is 13. The number of nitrogens with one attached hydrogen (secondary N) is 10. The van der Waals surface area contributed by atoms with E-state index in [-0.39, 0.29) is 38.8 Å². The summed E-state index contributed by atoms with van der Waals surface area (Å²) in [6.45, 7) is 5.23. The van der Waals surface area contributed by atoms with Gasteiger partial charge in [0.1, 0.15) is 91.1 Å². The zero-order chi connectivity index (χ0) is 69.9. The van der Waals surface area contributed by atoms with Crippen LogP contribution in [0.1, 0.15) is 106 Å². The van der Waals surface area contributed by atoms with E-state index in [0.29, 0.717) is 12.8 Å². The van der Waals surface area contributed by atoms with E-state index >= 15 is 0 Å². The molecule has 0 radical (unpaired) electrons. The van der Waals surface area contributed by atoms with Crippen LogP contribution >= 0.6 is 0 Å². The first-order valence-electron chi connectivity index (χ1n) is 29.4. The maximum absolute atomic E-state index is 13.8. The summed E-state index contributed by atoms with van der Waals surface area (Å²) >= 11 is 0. The molecule has 13 amide bonds. The molecule has 2 rings (SSSR count). The van der Waals surface area contributed by atoms with Crippen molar-refractivity contribution in [2.75, 3.05) is 26.3 Å². The average Bonchev–Trinajstić information content (AvgIpc) is 0.816. The molecule has 0 bridgehead atoms. The van der Waals surface area contributed by atoms with Gasteiger partial charge in [0.15, 0.2) is 12.6 Å². The number of carboxylic acid groups (broad SMARTS) is 1. The summed E-state index contributed by atoms with van der Waals surface area (Å²) in [6.07, 6.45) is -16.5. The molecular weight excluding hydrogens is 1230 g/mol. The van der Waals surface area contributed by atoms with Crippen LogP contribution in [0.2, 0.25) is 0 Å².